The summed E-state index contributed by atoms with van der Waals surface area (Å²) in [5, 5.41) is 0. The van der Waals surface area contributed by atoms with E-state index in [2.05, 4.69) is 70.2 Å². The summed E-state index contributed by atoms with van der Waals surface area (Å²) in [6, 6.07) is 6.88. The molecule has 2 unspecified atom stereocenters. The maximum atomic E-state index is 6.47. The van der Waals surface area contributed by atoms with Gasteiger partial charge in [-0.2, -0.15) is 0 Å². The van der Waals surface area contributed by atoms with Crippen LogP contribution in [-0.2, 0) is 14.7 Å². The van der Waals surface area contributed by atoms with Crippen molar-refractivity contribution in [3.63, 3.8) is 0 Å². The van der Waals surface area contributed by atoms with Gasteiger partial charge in [-0.15, -0.1) is 0 Å². The first-order valence-electron chi connectivity index (χ1n) is 10.7. The first-order valence-corrected chi connectivity index (χ1v) is 10.7. The Balaban J connectivity index is 1.64. The van der Waals surface area contributed by atoms with Crippen molar-refractivity contribution in [1.82, 2.24) is 0 Å². The second-order valence-electron chi connectivity index (χ2n) is 9.93. The molecule has 27 heavy (non-hydrogen) atoms. The molecular formula is C24H31BO2. The van der Waals surface area contributed by atoms with Crippen molar-refractivity contribution in [1.29, 1.82) is 0 Å². The number of rotatable bonds is 1. The predicted octanol–water partition coefficient (Wildman–Crippen LogP) is 5.03. The van der Waals surface area contributed by atoms with Crippen LogP contribution in [-0.4, -0.2) is 18.3 Å². The van der Waals surface area contributed by atoms with E-state index in [9.17, 15) is 0 Å². The zero-order valence-electron chi connectivity index (χ0n) is 17.1. The van der Waals surface area contributed by atoms with E-state index in [0.29, 0.717) is 17.3 Å². The van der Waals surface area contributed by atoms with Crippen LogP contribution in [0.1, 0.15) is 76.8 Å². The molecule has 142 valence electrons. The maximum absolute atomic E-state index is 6.47. The molecule has 3 heteroatoms. The second kappa shape index (κ2) is 5.84. The van der Waals surface area contributed by atoms with Crippen LogP contribution in [0.4, 0.5) is 0 Å². The summed E-state index contributed by atoms with van der Waals surface area (Å²) in [7, 11) is -0.274. The number of hydrogen-bond donors (Lipinski definition) is 0. The Bertz CT molecular complexity index is 798. The molecule has 2 fully saturated rings. The van der Waals surface area contributed by atoms with Gasteiger partial charge in [-0.05, 0) is 63.0 Å². The maximum Gasteiger partial charge on any atom is 0.495 e. The van der Waals surface area contributed by atoms with E-state index < -0.39 is 0 Å². The van der Waals surface area contributed by atoms with Gasteiger partial charge in [0.25, 0.3) is 0 Å². The molecule has 0 bridgehead atoms. The average molecular weight is 362 g/mol. The van der Waals surface area contributed by atoms with Crippen molar-refractivity contribution in [2.75, 3.05) is 0 Å². The van der Waals surface area contributed by atoms with Crippen molar-refractivity contribution in [3.8, 4) is 0 Å². The van der Waals surface area contributed by atoms with Crippen molar-refractivity contribution >= 4 is 12.6 Å². The van der Waals surface area contributed by atoms with Gasteiger partial charge in [-0.3, -0.25) is 0 Å². The fraction of sp³-hybridized carbons (Fsp3) is 0.583. The largest absolute Gasteiger partial charge is 0.495 e. The minimum Gasteiger partial charge on any atom is -0.399 e. The summed E-state index contributed by atoms with van der Waals surface area (Å²) in [5.41, 5.74) is 4.01. The molecule has 3 aliphatic carbocycles. The van der Waals surface area contributed by atoms with Gasteiger partial charge in [0.1, 0.15) is 0 Å². The molecule has 0 amide bonds. The van der Waals surface area contributed by atoms with E-state index in [1.54, 1.807) is 5.56 Å². The Morgan fingerprint density at radius 3 is 2.26 bits per heavy atom. The van der Waals surface area contributed by atoms with Crippen molar-refractivity contribution in [2.24, 2.45) is 5.92 Å². The third-order valence-corrected chi connectivity index (χ3v) is 8.04. The topological polar surface area (TPSA) is 18.5 Å². The van der Waals surface area contributed by atoms with E-state index in [1.165, 1.54) is 43.1 Å². The highest BCUT2D eigenvalue weighted by atomic mass is 16.7. The van der Waals surface area contributed by atoms with Crippen LogP contribution < -0.4 is 5.46 Å². The van der Waals surface area contributed by atoms with E-state index in [4.69, 9.17) is 9.31 Å². The van der Waals surface area contributed by atoms with Crippen LogP contribution in [0.15, 0.2) is 42.5 Å². The Labute approximate surface area is 164 Å². The minimum atomic E-state index is -0.302. The highest BCUT2D eigenvalue weighted by molar-refractivity contribution is 6.62. The van der Waals surface area contributed by atoms with Crippen LogP contribution >= 0.6 is 0 Å². The van der Waals surface area contributed by atoms with Crippen LogP contribution in [0.5, 0.6) is 0 Å². The molecule has 0 N–H and O–H groups in total. The molecule has 1 aliphatic heterocycles. The minimum absolute atomic E-state index is 0.274. The number of allylic oxidation sites excluding steroid dienone is 4. The summed E-state index contributed by atoms with van der Waals surface area (Å²) >= 11 is 0. The Hall–Kier alpha value is -1.32. The standard InChI is InChI=1S/C24H31BO2/c1-22(2)23(3,4)27-25(26-22)20-14-10-13-19-21(20)17-11-6-7-12-18(17)24(19)15-8-5-9-16-24/h6-7,10-14,17-18H,5,8-9,15-16H2,1-4H3. The SMILES string of the molecule is CC1(C)OB(c2cccc3c2C2C=CC=CC2C32CCCCC2)OC1(C)C. The molecular weight excluding hydrogens is 331 g/mol. The lowest BCUT2D eigenvalue weighted by Crippen LogP contribution is -2.41. The molecule has 5 rings (SSSR count). The molecule has 1 heterocycles. The van der Waals surface area contributed by atoms with Gasteiger partial charge in [0.2, 0.25) is 0 Å². The third kappa shape index (κ3) is 2.40. The number of benzene rings is 1. The van der Waals surface area contributed by atoms with Gasteiger partial charge in [0.05, 0.1) is 11.2 Å². The zero-order valence-corrected chi connectivity index (χ0v) is 17.1. The van der Waals surface area contributed by atoms with Crippen molar-refractivity contribution in [3.05, 3.63) is 53.6 Å². The monoisotopic (exact) mass is 362 g/mol. The van der Waals surface area contributed by atoms with Gasteiger partial charge < -0.3 is 9.31 Å². The summed E-state index contributed by atoms with van der Waals surface area (Å²) < 4.78 is 12.9. The first kappa shape index (κ1) is 17.8. The third-order valence-electron chi connectivity index (χ3n) is 8.04. The Kier molecular flexibility index (Phi) is 3.84. The lowest BCUT2D eigenvalue weighted by atomic mass is 9.63. The lowest BCUT2D eigenvalue weighted by Gasteiger charge is -2.40. The van der Waals surface area contributed by atoms with Gasteiger partial charge in [-0.1, -0.05) is 61.8 Å². The smallest absolute Gasteiger partial charge is 0.399 e. The molecule has 4 aliphatic rings. The lowest BCUT2D eigenvalue weighted by molar-refractivity contribution is 0.00578. The van der Waals surface area contributed by atoms with Crippen molar-refractivity contribution < 1.29 is 9.31 Å². The zero-order chi connectivity index (χ0) is 18.9. The van der Waals surface area contributed by atoms with Gasteiger partial charge in [0.15, 0.2) is 0 Å². The fourth-order valence-electron chi connectivity index (χ4n) is 5.94. The molecule has 2 atom stereocenters. The van der Waals surface area contributed by atoms with Gasteiger partial charge in [-0.25, -0.2) is 0 Å². The quantitative estimate of drug-likeness (QED) is 0.653. The number of fused-ring (bicyclic) bond motifs is 5. The summed E-state index contributed by atoms with van der Waals surface area (Å²) in [6.07, 6.45) is 16.1. The molecule has 1 aromatic rings. The summed E-state index contributed by atoms with van der Waals surface area (Å²) in [5.74, 6) is 1.04. The fourth-order valence-corrected chi connectivity index (χ4v) is 5.94. The molecule has 1 aromatic carbocycles. The van der Waals surface area contributed by atoms with Gasteiger partial charge in [0, 0.05) is 11.3 Å². The molecule has 1 saturated carbocycles. The van der Waals surface area contributed by atoms with E-state index >= 15 is 0 Å². The Morgan fingerprint density at radius 2 is 1.56 bits per heavy atom. The molecule has 1 saturated heterocycles. The van der Waals surface area contributed by atoms with Crippen LogP contribution in [0.3, 0.4) is 0 Å². The highest BCUT2D eigenvalue weighted by Gasteiger charge is 2.56. The normalized spacial score (nSPS) is 31.9. The molecule has 2 nitrogen and oxygen atoms in total. The van der Waals surface area contributed by atoms with E-state index in [-0.39, 0.29) is 18.3 Å². The van der Waals surface area contributed by atoms with E-state index in [1.807, 2.05) is 0 Å². The highest BCUT2D eigenvalue weighted by Crippen LogP contribution is 2.58. The van der Waals surface area contributed by atoms with Crippen molar-refractivity contribution in [2.45, 2.75) is 82.3 Å². The molecule has 0 aromatic heterocycles. The predicted molar refractivity (Wildman–Crippen MR) is 111 cm³/mol. The van der Waals surface area contributed by atoms with Gasteiger partial charge >= 0.3 is 7.12 Å². The second-order valence-corrected chi connectivity index (χ2v) is 9.93. The molecule has 0 radical (unpaired) electrons. The van der Waals surface area contributed by atoms with Crippen LogP contribution in [0, 0.1) is 5.92 Å². The van der Waals surface area contributed by atoms with Crippen LogP contribution in [0.25, 0.3) is 0 Å². The van der Waals surface area contributed by atoms with Crippen LogP contribution in [0.2, 0.25) is 0 Å². The summed E-state index contributed by atoms with van der Waals surface area (Å²) in [4.78, 5) is 0. The van der Waals surface area contributed by atoms with E-state index in [0.717, 1.165) is 0 Å². The Morgan fingerprint density at radius 1 is 0.889 bits per heavy atom. The first-order chi connectivity index (χ1) is 12.9. The molecule has 1 spiro atoms. The number of hydrogen-bond acceptors (Lipinski definition) is 2. The summed E-state index contributed by atoms with van der Waals surface area (Å²) in [6.45, 7) is 8.57. The average Bonchev–Trinajstić information content (AvgIpc) is 3.04.